The lowest BCUT2D eigenvalue weighted by atomic mass is 10.1. The fraction of sp³-hybridized carbons (Fsp3) is 0.526. The van der Waals surface area contributed by atoms with Crippen LogP contribution in [0.25, 0.3) is 0 Å². The molecule has 2 aliphatic rings. The van der Waals surface area contributed by atoms with Crippen LogP contribution in [-0.4, -0.2) is 57.8 Å². The molecule has 2 heterocycles. The second-order valence-corrected chi connectivity index (χ2v) is 6.85. The van der Waals surface area contributed by atoms with Crippen molar-refractivity contribution in [3.63, 3.8) is 0 Å². The number of carbonyl (C=O) groups is 3. The van der Waals surface area contributed by atoms with E-state index in [1.165, 1.54) is 12.2 Å². The van der Waals surface area contributed by atoms with E-state index in [0.29, 0.717) is 25.3 Å². The van der Waals surface area contributed by atoms with Crippen molar-refractivity contribution < 1.29 is 19.1 Å². The van der Waals surface area contributed by atoms with E-state index in [0.717, 1.165) is 9.80 Å². The number of hydrogen-bond donors (Lipinski definition) is 0. The van der Waals surface area contributed by atoms with E-state index in [1.54, 1.807) is 4.90 Å². The number of urea groups is 1. The maximum atomic E-state index is 12.6. The number of amides is 4. The molecule has 0 aromatic rings. The van der Waals surface area contributed by atoms with Crippen molar-refractivity contribution in [1.82, 2.24) is 14.7 Å². The summed E-state index contributed by atoms with van der Waals surface area (Å²) in [5.41, 5.74) is -0.442. The van der Waals surface area contributed by atoms with E-state index < -0.39 is 17.8 Å². The van der Waals surface area contributed by atoms with Gasteiger partial charge in [-0.3, -0.25) is 24.3 Å². The zero-order chi connectivity index (χ0) is 19.5. The van der Waals surface area contributed by atoms with Gasteiger partial charge in [-0.15, -0.1) is 0 Å². The highest BCUT2D eigenvalue weighted by Gasteiger charge is 2.41. The third-order valence-corrected chi connectivity index (χ3v) is 4.23. The number of imide groups is 2. The Morgan fingerprint density at radius 2 is 1.62 bits per heavy atom. The van der Waals surface area contributed by atoms with Crippen LogP contribution in [0.15, 0.2) is 23.6 Å². The third-order valence-electron chi connectivity index (χ3n) is 4.23. The van der Waals surface area contributed by atoms with Gasteiger partial charge in [0.1, 0.15) is 12.2 Å². The van der Waals surface area contributed by atoms with E-state index in [-0.39, 0.29) is 24.2 Å². The summed E-state index contributed by atoms with van der Waals surface area (Å²) in [6.07, 6.45) is 9.68. The number of terminal acetylenes is 1. The van der Waals surface area contributed by atoms with Gasteiger partial charge in [0.05, 0.1) is 5.54 Å². The SMILES string of the molecule is C#CN1/C(=C\C=C2C(=O)N(CCC)C(=O)N(CCC)C2=O)OCC1(C)C. The number of hydrogen-bond acceptors (Lipinski definition) is 5. The fourth-order valence-corrected chi connectivity index (χ4v) is 2.88. The highest BCUT2D eigenvalue weighted by atomic mass is 16.5. The molecule has 0 bridgehead atoms. The van der Waals surface area contributed by atoms with Crippen LogP contribution in [0.5, 0.6) is 0 Å². The Hall–Kier alpha value is -2.75. The Morgan fingerprint density at radius 1 is 1.08 bits per heavy atom. The number of carbonyl (C=O) groups excluding carboxylic acids is 3. The molecule has 2 saturated heterocycles. The smallest absolute Gasteiger partial charge is 0.333 e. The molecule has 0 aromatic carbocycles. The molecular formula is C19H25N3O4. The van der Waals surface area contributed by atoms with Gasteiger partial charge in [-0.2, -0.15) is 0 Å². The molecule has 2 fully saturated rings. The summed E-state index contributed by atoms with van der Waals surface area (Å²) in [4.78, 5) is 41.5. The molecule has 0 N–H and O–H groups in total. The quantitative estimate of drug-likeness (QED) is 0.427. The molecule has 0 unspecified atom stereocenters. The number of nitrogens with zero attached hydrogens (tertiary/aromatic N) is 3. The summed E-state index contributed by atoms with van der Waals surface area (Å²) in [5.74, 6) is -0.780. The second-order valence-electron chi connectivity index (χ2n) is 6.85. The molecule has 4 amide bonds. The number of allylic oxidation sites excluding steroid dienone is 2. The highest BCUT2D eigenvalue weighted by molar-refractivity contribution is 6.28. The number of barbiturate groups is 1. The predicted octanol–water partition coefficient (Wildman–Crippen LogP) is 2.07. The first-order valence-corrected chi connectivity index (χ1v) is 8.77. The van der Waals surface area contributed by atoms with Crippen molar-refractivity contribution >= 4 is 17.8 Å². The Bertz CT molecular complexity index is 685. The maximum Gasteiger partial charge on any atom is 0.333 e. The van der Waals surface area contributed by atoms with Crippen LogP contribution in [0.2, 0.25) is 0 Å². The molecule has 0 aliphatic carbocycles. The van der Waals surface area contributed by atoms with E-state index in [4.69, 9.17) is 11.2 Å². The minimum Gasteiger partial charge on any atom is -0.476 e. The summed E-state index contributed by atoms with van der Waals surface area (Å²) in [7, 11) is 0. The second kappa shape index (κ2) is 7.65. The molecule has 0 spiro atoms. The molecule has 140 valence electrons. The van der Waals surface area contributed by atoms with Crippen LogP contribution < -0.4 is 0 Å². The monoisotopic (exact) mass is 359 g/mol. The van der Waals surface area contributed by atoms with Crippen molar-refractivity contribution in [2.75, 3.05) is 19.7 Å². The van der Waals surface area contributed by atoms with Crippen LogP contribution in [-0.2, 0) is 14.3 Å². The zero-order valence-electron chi connectivity index (χ0n) is 15.7. The lowest BCUT2D eigenvalue weighted by Gasteiger charge is -2.33. The molecule has 0 atom stereocenters. The average Bonchev–Trinajstić information content (AvgIpc) is 2.89. The Labute approximate surface area is 154 Å². The van der Waals surface area contributed by atoms with Crippen molar-refractivity contribution in [3.05, 3.63) is 23.6 Å². The molecule has 2 aliphatic heterocycles. The predicted molar refractivity (Wildman–Crippen MR) is 96.3 cm³/mol. The van der Waals surface area contributed by atoms with Crippen LogP contribution in [0.3, 0.4) is 0 Å². The molecule has 2 rings (SSSR count). The molecule has 26 heavy (non-hydrogen) atoms. The van der Waals surface area contributed by atoms with Crippen LogP contribution in [0.1, 0.15) is 40.5 Å². The molecule has 0 radical (unpaired) electrons. The standard InChI is InChI=1S/C19H25N3O4/c1-6-11-20-16(23)14(17(24)21(12-7-2)18(20)25)9-10-15-22(8-3)19(4,5)13-26-15/h3,9-10H,6-7,11-13H2,1-2,4-5H3/b15-10+. The number of ether oxygens (including phenoxy) is 1. The van der Waals surface area contributed by atoms with Gasteiger partial charge in [0.2, 0.25) is 5.88 Å². The summed E-state index contributed by atoms with van der Waals surface area (Å²) in [5, 5.41) is 0. The first-order valence-electron chi connectivity index (χ1n) is 8.77. The van der Waals surface area contributed by atoms with Gasteiger partial charge >= 0.3 is 6.03 Å². The summed E-state index contributed by atoms with van der Waals surface area (Å²) >= 11 is 0. The lowest BCUT2D eigenvalue weighted by molar-refractivity contribution is -0.135. The Kier molecular flexibility index (Phi) is 5.76. The average molecular weight is 359 g/mol. The summed E-state index contributed by atoms with van der Waals surface area (Å²) in [6, 6.07) is 1.99. The molecule has 0 saturated carbocycles. The minimum atomic E-state index is -0.587. The van der Waals surface area contributed by atoms with E-state index in [1.807, 2.05) is 27.7 Å². The Balaban J connectivity index is 2.39. The van der Waals surface area contributed by atoms with Gasteiger partial charge in [-0.25, -0.2) is 4.79 Å². The van der Waals surface area contributed by atoms with Gasteiger partial charge in [0, 0.05) is 25.2 Å². The topological polar surface area (TPSA) is 70.2 Å². The zero-order valence-corrected chi connectivity index (χ0v) is 15.7. The van der Waals surface area contributed by atoms with Crippen LogP contribution in [0, 0.1) is 12.5 Å². The van der Waals surface area contributed by atoms with E-state index in [9.17, 15) is 14.4 Å². The van der Waals surface area contributed by atoms with Gasteiger partial charge in [0.15, 0.2) is 0 Å². The largest absolute Gasteiger partial charge is 0.476 e. The van der Waals surface area contributed by atoms with Gasteiger partial charge in [-0.05, 0) is 32.8 Å². The summed E-state index contributed by atoms with van der Waals surface area (Å²) < 4.78 is 5.59. The lowest BCUT2D eigenvalue weighted by Crippen LogP contribution is -2.56. The van der Waals surface area contributed by atoms with Gasteiger partial charge in [0.25, 0.3) is 11.8 Å². The third kappa shape index (κ3) is 3.45. The Morgan fingerprint density at radius 3 is 2.08 bits per heavy atom. The minimum absolute atomic E-state index is 0.0655. The van der Waals surface area contributed by atoms with Crippen molar-refractivity contribution in [2.24, 2.45) is 0 Å². The van der Waals surface area contributed by atoms with Crippen LogP contribution >= 0.6 is 0 Å². The summed E-state index contributed by atoms with van der Waals surface area (Å²) in [6.45, 7) is 8.52. The molecule has 0 aromatic heterocycles. The van der Waals surface area contributed by atoms with E-state index in [2.05, 4.69) is 6.04 Å². The maximum absolute atomic E-state index is 12.6. The van der Waals surface area contributed by atoms with Crippen LogP contribution in [0.4, 0.5) is 4.79 Å². The van der Waals surface area contributed by atoms with E-state index >= 15 is 0 Å². The van der Waals surface area contributed by atoms with Crippen molar-refractivity contribution in [1.29, 1.82) is 0 Å². The molecule has 7 heteroatoms. The van der Waals surface area contributed by atoms with Crippen molar-refractivity contribution in [3.8, 4) is 12.5 Å². The first kappa shape index (κ1) is 19.6. The highest BCUT2D eigenvalue weighted by Crippen LogP contribution is 2.29. The molecule has 7 nitrogen and oxygen atoms in total. The first-order chi connectivity index (χ1) is 12.3. The van der Waals surface area contributed by atoms with Gasteiger partial charge in [-0.1, -0.05) is 20.3 Å². The number of rotatable bonds is 5. The van der Waals surface area contributed by atoms with Crippen molar-refractivity contribution in [2.45, 2.75) is 46.1 Å². The fourth-order valence-electron chi connectivity index (χ4n) is 2.88. The van der Waals surface area contributed by atoms with Gasteiger partial charge < -0.3 is 4.74 Å². The molecular weight excluding hydrogens is 334 g/mol. The normalized spacial score (nSPS) is 21.3.